The van der Waals surface area contributed by atoms with E-state index in [0.717, 1.165) is 51.1 Å². The minimum absolute atomic E-state index is 0.127. The van der Waals surface area contributed by atoms with Gasteiger partial charge >= 0.3 is 0 Å². The normalized spacial score (nSPS) is 11.2. The van der Waals surface area contributed by atoms with Crippen molar-refractivity contribution in [2.45, 2.75) is 47.6 Å². The molecule has 2 aromatic carbocycles. The monoisotopic (exact) mass is 462 g/mol. The number of carbonyl (C=O) groups excluding carboxylic acids is 1. The van der Waals surface area contributed by atoms with Crippen LogP contribution in [0.5, 0.6) is 0 Å². The van der Waals surface area contributed by atoms with Crippen LogP contribution >= 0.6 is 11.6 Å². The first-order valence-corrected chi connectivity index (χ1v) is 11.3. The fourth-order valence-corrected chi connectivity index (χ4v) is 4.51. The summed E-state index contributed by atoms with van der Waals surface area (Å²) in [6.07, 6.45) is 0.798. The van der Waals surface area contributed by atoms with E-state index in [1.165, 1.54) is 4.57 Å². The highest BCUT2D eigenvalue weighted by Gasteiger charge is 2.20. The number of nitrogens with zero attached hydrogens (tertiary/aromatic N) is 3. The zero-order chi connectivity index (χ0) is 23.9. The van der Waals surface area contributed by atoms with Gasteiger partial charge < -0.3 is 5.32 Å². The summed E-state index contributed by atoms with van der Waals surface area (Å²) in [7, 11) is 0. The molecule has 1 amide bonds. The van der Waals surface area contributed by atoms with Gasteiger partial charge in [0.1, 0.15) is 12.2 Å². The third kappa shape index (κ3) is 4.07. The molecular weight excluding hydrogens is 436 g/mol. The fraction of sp³-hybridized carbons (Fsp3) is 0.269. The van der Waals surface area contributed by atoms with Gasteiger partial charge in [-0.25, -0.2) is 4.68 Å². The van der Waals surface area contributed by atoms with Gasteiger partial charge in [0.25, 0.3) is 5.56 Å². The molecule has 0 spiro atoms. The van der Waals surface area contributed by atoms with E-state index in [1.54, 1.807) is 10.7 Å². The first-order valence-electron chi connectivity index (χ1n) is 11.0. The van der Waals surface area contributed by atoms with Crippen LogP contribution in [0.25, 0.3) is 16.7 Å². The standard InChI is InChI=1S/C26H27ClN4O2/c1-6-19-10-7-9-15(2)25(19)28-22(32)14-30-23(33)13-16(3)24-18(5)29-31(26(24)30)21-12-8-11-20(27)17(21)4/h7-13H,6,14H2,1-5H3,(H,28,32). The molecule has 0 radical (unpaired) electrons. The maximum Gasteiger partial charge on any atom is 0.252 e. The minimum atomic E-state index is -0.264. The SMILES string of the molecule is CCc1cccc(C)c1NC(=O)Cn1c(=O)cc(C)c2c(C)nn(-c3cccc(Cl)c3C)c21. The zero-order valence-electron chi connectivity index (χ0n) is 19.5. The Morgan fingerprint density at radius 2 is 1.79 bits per heavy atom. The molecule has 2 heterocycles. The topological polar surface area (TPSA) is 68.9 Å². The number of aromatic nitrogens is 3. The van der Waals surface area contributed by atoms with E-state index in [2.05, 4.69) is 5.32 Å². The number of fused-ring (bicyclic) bond motifs is 1. The minimum Gasteiger partial charge on any atom is -0.324 e. The summed E-state index contributed by atoms with van der Waals surface area (Å²) in [6, 6.07) is 13.1. The number of aryl methyl sites for hydroxylation is 4. The summed E-state index contributed by atoms with van der Waals surface area (Å²) >= 11 is 6.37. The average molecular weight is 463 g/mol. The molecule has 0 atom stereocenters. The van der Waals surface area contributed by atoms with Crippen molar-refractivity contribution in [3.8, 4) is 5.69 Å². The van der Waals surface area contributed by atoms with Gasteiger partial charge in [-0.2, -0.15) is 5.10 Å². The molecule has 33 heavy (non-hydrogen) atoms. The Hall–Kier alpha value is -3.38. The summed E-state index contributed by atoms with van der Waals surface area (Å²) in [5.41, 5.74) is 6.39. The number of para-hydroxylation sites is 1. The van der Waals surface area contributed by atoms with E-state index in [4.69, 9.17) is 16.7 Å². The molecule has 1 N–H and O–H groups in total. The van der Waals surface area contributed by atoms with Crippen LogP contribution in [0.4, 0.5) is 5.69 Å². The van der Waals surface area contributed by atoms with Crippen molar-refractivity contribution in [3.05, 3.63) is 85.8 Å². The van der Waals surface area contributed by atoms with Crippen molar-refractivity contribution in [3.63, 3.8) is 0 Å². The molecule has 0 saturated heterocycles. The van der Waals surface area contributed by atoms with E-state index < -0.39 is 0 Å². The van der Waals surface area contributed by atoms with Gasteiger partial charge in [0.2, 0.25) is 5.91 Å². The molecule has 2 aromatic heterocycles. The number of benzene rings is 2. The van der Waals surface area contributed by atoms with Gasteiger partial charge in [0.05, 0.1) is 11.4 Å². The van der Waals surface area contributed by atoms with Crippen molar-refractivity contribution in [2.24, 2.45) is 0 Å². The number of nitrogens with one attached hydrogen (secondary N) is 1. The molecule has 0 aliphatic carbocycles. The van der Waals surface area contributed by atoms with Crippen LogP contribution in [-0.4, -0.2) is 20.3 Å². The number of rotatable bonds is 5. The Balaban J connectivity index is 1.86. The van der Waals surface area contributed by atoms with Crippen LogP contribution in [-0.2, 0) is 17.8 Å². The Labute approximate surface area is 197 Å². The fourth-order valence-electron chi connectivity index (χ4n) is 4.34. The summed E-state index contributed by atoms with van der Waals surface area (Å²) < 4.78 is 3.21. The number of hydrogen-bond acceptors (Lipinski definition) is 3. The lowest BCUT2D eigenvalue weighted by Gasteiger charge is -2.16. The molecule has 0 fully saturated rings. The molecule has 0 aliphatic rings. The van der Waals surface area contributed by atoms with Crippen molar-refractivity contribution in [2.75, 3.05) is 5.32 Å². The number of pyridine rings is 1. The lowest BCUT2D eigenvalue weighted by Crippen LogP contribution is -2.29. The van der Waals surface area contributed by atoms with Gasteiger partial charge in [-0.15, -0.1) is 0 Å². The van der Waals surface area contributed by atoms with E-state index in [1.807, 2.05) is 71.0 Å². The van der Waals surface area contributed by atoms with Crippen molar-refractivity contribution >= 4 is 34.2 Å². The van der Waals surface area contributed by atoms with Gasteiger partial charge in [-0.3, -0.25) is 14.2 Å². The van der Waals surface area contributed by atoms with Gasteiger partial charge in [-0.05, 0) is 68.5 Å². The van der Waals surface area contributed by atoms with Crippen molar-refractivity contribution < 1.29 is 4.79 Å². The number of halogens is 1. The number of carbonyl (C=O) groups is 1. The third-order valence-electron chi connectivity index (χ3n) is 6.07. The zero-order valence-corrected chi connectivity index (χ0v) is 20.2. The average Bonchev–Trinajstić information content (AvgIpc) is 3.11. The molecule has 4 aromatic rings. The molecule has 170 valence electrons. The maximum absolute atomic E-state index is 13.1. The lowest BCUT2D eigenvalue weighted by atomic mass is 10.1. The smallest absolute Gasteiger partial charge is 0.252 e. The predicted molar refractivity (Wildman–Crippen MR) is 134 cm³/mol. The van der Waals surface area contributed by atoms with Crippen LogP contribution in [0, 0.1) is 27.7 Å². The molecule has 0 bridgehead atoms. The molecule has 0 aliphatic heterocycles. The molecule has 4 rings (SSSR count). The summed E-state index contributed by atoms with van der Waals surface area (Å²) in [6.45, 7) is 9.59. The van der Waals surface area contributed by atoms with Gasteiger partial charge in [0.15, 0.2) is 0 Å². The third-order valence-corrected chi connectivity index (χ3v) is 6.47. The Morgan fingerprint density at radius 1 is 1.06 bits per heavy atom. The first kappa shape index (κ1) is 22.8. The molecule has 6 nitrogen and oxygen atoms in total. The lowest BCUT2D eigenvalue weighted by molar-refractivity contribution is -0.116. The van der Waals surface area contributed by atoms with Crippen molar-refractivity contribution in [1.29, 1.82) is 0 Å². The molecular formula is C26H27ClN4O2. The summed E-state index contributed by atoms with van der Waals surface area (Å²) in [5, 5.41) is 9.21. The van der Waals surface area contributed by atoms with Crippen LogP contribution in [0.2, 0.25) is 5.02 Å². The Bertz CT molecular complexity index is 1450. The van der Waals surface area contributed by atoms with E-state index in [0.29, 0.717) is 10.7 Å². The quantitative estimate of drug-likeness (QED) is 0.439. The van der Waals surface area contributed by atoms with Crippen LogP contribution in [0.1, 0.15) is 34.9 Å². The largest absolute Gasteiger partial charge is 0.324 e. The van der Waals surface area contributed by atoms with E-state index >= 15 is 0 Å². The van der Waals surface area contributed by atoms with Crippen LogP contribution in [0.15, 0.2) is 47.3 Å². The predicted octanol–water partition coefficient (Wildman–Crippen LogP) is 5.28. The first-order chi connectivity index (χ1) is 15.7. The van der Waals surface area contributed by atoms with Gasteiger partial charge in [0, 0.05) is 22.2 Å². The highest BCUT2D eigenvalue weighted by molar-refractivity contribution is 6.31. The summed E-state index contributed by atoms with van der Waals surface area (Å²) in [5.74, 6) is -0.264. The van der Waals surface area contributed by atoms with E-state index in [-0.39, 0.29) is 18.0 Å². The molecule has 7 heteroatoms. The van der Waals surface area contributed by atoms with Crippen molar-refractivity contribution in [1.82, 2.24) is 14.3 Å². The Kier molecular flexibility index (Phi) is 6.13. The maximum atomic E-state index is 13.1. The van der Waals surface area contributed by atoms with Crippen LogP contribution < -0.4 is 10.9 Å². The highest BCUT2D eigenvalue weighted by atomic mass is 35.5. The molecule has 0 unspecified atom stereocenters. The number of hydrogen-bond donors (Lipinski definition) is 1. The number of amides is 1. The second-order valence-electron chi connectivity index (χ2n) is 8.34. The summed E-state index contributed by atoms with van der Waals surface area (Å²) in [4.78, 5) is 26.2. The van der Waals surface area contributed by atoms with Crippen LogP contribution in [0.3, 0.4) is 0 Å². The molecule has 0 saturated carbocycles. The number of anilines is 1. The van der Waals surface area contributed by atoms with E-state index in [9.17, 15) is 9.59 Å². The Morgan fingerprint density at radius 3 is 2.52 bits per heavy atom. The van der Waals surface area contributed by atoms with Gasteiger partial charge in [-0.1, -0.05) is 42.8 Å². The highest BCUT2D eigenvalue weighted by Crippen LogP contribution is 2.28. The second kappa shape index (κ2) is 8.87. The second-order valence-corrected chi connectivity index (χ2v) is 8.75.